The molecule has 2 aromatic rings. The molecule has 0 atom stereocenters. The number of anilines is 1. The number of carbonyl (C=O) groups is 1. The van der Waals surface area contributed by atoms with Crippen molar-refractivity contribution in [1.29, 1.82) is 0 Å². The first kappa shape index (κ1) is 13.4. The third-order valence-corrected chi connectivity index (χ3v) is 3.69. The van der Waals surface area contributed by atoms with Crippen LogP contribution in [0.25, 0.3) is 0 Å². The highest BCUT2D eigenvalue weighted by Crippen LogP contribution is 2.38. The van der Waals surface area contributed by atoms with Gasteiger partial charge < -0.3 is 9.84 Å². The SMILES string of the molecule is COc1csc(C)c1N(Cc1ccccc1)C(=O)O. The van der Waals surface area contributed by atoms with Crippen LogP contribution in [0.3, 0.4) is 0 Å². The van der Waals surface area contributed by atoms with E-state index in [4.69, 9.17) is 4.74 Å². The van der Waals surface area contributed by atoms with E-state index in [1.165, 1.54) is 16.2 Å². The van der Waals surface area contributed by atoms with E-state index < -0.39 is 6.09 Å². The summed E-state index contributed by atoms with van der Waals surface area (Å²) in [5, 5.41) is 11.3. The van der Waals surface area contributed by atoms with Crippen LogP contribution in [0.5, 0.6) is 5.75 Å². The Morgan fingerprint density at radius 3 is 2.63 bits per heavy atom. The highest BCUT2D eigenvalue weighted by molar-refractivity contribution is 7.10. The van der Waals surface area contributed by atoms with E-state index in [1.54, 1.807) is 7.11 Å². The Hall–Kier alpha value is -2.01. The van der Waals surface area contributed by atoms with Gasteiger partial charge in [0.1, 0.15) is 5.69 Å². The van der Waals surface area contributed by atoms with Gasteiger partial charge in [0.2, 0.25) is 0 Å². The molecule has 5 heteroatoms. The van der Waals surface area contributed by atoms with Crippen LogP contribution in [0.4, 0.5) is 10.5 Å². The topological polar surface area (TPSA) is 49.8 Å². The van der Waals surface area contributed by atoms with Crippen LogP contribution >= 0.6 is 11.3 Å². The molecular weight excluding hydrogens is 262 g/mol. The molecule has 0 unspecified atom stereocenters. The molecule has 1 amide bonds. The largest absolute Gasteiger partial charge is 0.494 e. The van der Waals surface area contributed by atoms with Crippen molar-refractivity contribution >= 4 is 23.1 Å². The van der Waals surface area contributed by atoms with Crippen LogP contribution in [0.1, 0.15) is 10.4 Å². The molecule has 0 saturated heterocycles. The number of methoxy groups -OCH3 is 1. The van der Waals surface area contributed by atoms with Gasteiger partial charge in [-0.15, -0.1) is 11.3 Å². The summed E-state index contributed by atoms with van der Waals surface area (Å²) >= 11 is 1.48. The van der Waals surface area contributed by atoms with E-state index in [2.05, 4.69) is 0 Å². The predicted octanol–water partition coefficient (Wildman–Crippen LogP) is 3.75. The number of aryl methyl sites for hydroxylation is 1. The van der Waals surface area contributed by atoms with Crippen LogP contribution in [-0.2, 0) is 6.54 Å². The first-order chi connectivity index (χ1) is 9.13. The van der Waals surface area contributed by atoms with Gasteiger partial charge in [0.05, 0.1) is 13.7 Å². The smallest absolute Gasteiger partial charge is 0.412 e. The van der Waals surface area contributed by atoms with E-state index in [0.717, 1.165) is 10.4 Å². The van der Waals surface area contributed by atoms with Gasteiger partial charge >= 0.3 is 6.09 Å². The highest BCUT2D eigenvalue weighted by Gasteiger charge is 2.22. The lowest BCUT2D eigenvalue weighted by Crippen LogP contribution is -2.29. The second-order valence-corrected chi connectivity index (χ2v) is 5.15. The summed E-state index contributed by atoms with van der Waals surface area (Å²) in [6, 6.07) is 9.51. The predicted molar refractivity (Wildman–Crippen MR) is 76.3 cm³/mol. The maximum Gasteiger partial charge on any atom is 0.412 e. The summed E-state index contributed by atoms with van der Waals surface area (Å²) in [4.78, 5) is 13.7. The fourth-order valence-electron chi connectivity index (χ4n) is 1.90. The Balaban J connectivity index is 2.35. The maximum atomic E-state index is 11.5. The second kappa shape index (κ2) is 5.75. The summed E-state index contributed by atoms with van der Waals surface area (Å²) < 4.78 is 5.24. The average molecular weight is 277 g/mol. The monoisotopic (exact) mass is 277 g/mol. The van der Waals surface area contributed by atoms with Gasteiger partial charge in [-0.25, -0.2) is 4.79 Å². The minimum Gasteiger partial charge on any atom is -0.494 e. The fourth-order valence-corrected chi connectivity index (χ4v) is 2.72. The van der Waals surface area contributed by atoms with Crippen LogP contribution in [-0.4, -0.2) is 18.3 Å². The molecule has 0 saturated carbocycles. The minimum atomic E-state index is -0.983. The summed E-state index contributed by atoms with van der Waals surface area (Å²) in [6.07, 6.45) is -0.983. The van der Waals surface area contributed by atoms with Crippen LogP contribution in [0.15, 0.2) is 35.7 Å². The van der Waals surface area contributed by atoms with Crippen LogP contribution < -0.4 is 9.64 Å². The molecule has 0 bridgehead atoms. The maximum absolute atomic E-state index is 11.5. The molecule has 1 aromatic heterocycles. The quantitative estimate of drug-likeness (QED) is 0.926. The van der Waals surface area contributed by atoms with Crippen molar-refractivity contribution < 1.29 is 14.6 Å². The number of ether oxygens (including phenoxy) is 1. The number of nitrogens with zero attached hydrogens (tertiary/aromatic N) is 1. The number of amides is 1. The molecule has 19 heavy (non-hydrogen) atoms. The van der Waals surface area contributed by atoms with E-state index in [0.29, 0.717) is 18.0 Å². The lowest BCUT2D eigenvalue weighted by atomic mass is 10.2. The average Bonchev–Trinajstić information content (AvgIpc) is 2.78. The van der Waals surface area contributed by atoms with Crippen LogP contribution in [0, 0.1) is 6.92 Å². The molecule has 4 nitrogen and oxygen atoms in total. The van der Waals surface area contributed by atoms with E-state index in [-0.39, 0.29) is 0 Å². The van der Waals surface area contributed by atoms with Gasteiger partial charge in [-0.2, -0.15) is 0 Å². The number of hydrogen-bond acceptors (Lipinski definition) is 3. The normalized spacial score (nSPS) is 10.2. The first-order valence-electron chi connectivity index (χ1n) is 5.80. The number of rotatable bonds is 4. The Bertz CT molecular complexity index is 565. The summed E-state index contributed by atoms with van der Waals surface area (Å²) in [5.74, 6) is 0.598. The lowest BCUT2D eigenvalue weighted by molar-refractivity contribution is 0.201. The molecule has 1 aromatic carbocycles. The first-order valence-corrected chi connectivity index (χ1v) is 6.68. The summed E-state index contributed by atoms with van der Waals surface area (Å²) in [5.41, 5.74) is 1.57. The van der Waals surface area contributed by atoms with Crippen molar-refractivity contribution in [3.63, 3.8) is 0 Å². The van der Waals surface area contributed by atoms with Gasteiger partial charge in [0.15, 0.2) is 5.75 Å². The molecule has 0 aliphatic rings. The van der Waals surface area contributed by atoms with Crippen molar-refractivity contribution in [3.8, 4) is 5.75 Å². The molecule has 0 radical (unpaired) electrons. The molecule has 0 aliphatic heterocycles. The molecule has 1 N–H and O–H groups in total. The number of hydrogen-bond donors (Lipinski definition) is 1. The third-order valence-electron chi connectivity index (χ3n) is 2.81. The molecule has 0 aliphatic carbocycles. The van der Waals surface area contributed by atoms with Gasteiger partial charge in [-0.1, -0.05) is 30.3 Å². The van der Waals surface area contributed by atoms with Crippen molar-refractivity contribution in [1.82, 2.24) is 0 Å². The van der Waals surface area contributed by atoms with Crippen LogP contribution in [0.2, 0.25) is 0 Å². The third kappa shape index (κ3) is 2.88. The zero-order valence-electron chi connectivity index (χ0n) is 10.8. The Morgan fingerprint density at radius 1 is 1.37 bits per heavy atom. The highest BCUT2D eigenvalue weighted by atomic mass is 32.1. The summed E-state index contributed by atoms with van der Waals surface area (Å²) in [6.45, 7) is 2.20. The number of thiophene rings is 1. The molecular formula is C14H15NO3S. The van der Waals surface area contributed by atoms with E-state index in [9.17, 15) is 9.90 Å². The van der Waals surface area contributed by atoms with E-state index >= 15 is 0 Å². The van der Waals surface area contributed by atoms with Crippen molar-refractivity contribution in [2.45, 2.75) is 13.5 Å². The van der Waals surface area contributed by atoms with Crippen molar-refractivity contribution in [3.05, 3.63) is 46.2 Å². The molecule has 0 spiro atoms. The van der Waals surface area contributed by atoms with Gasteiger partial charge in [0.25, 0.3) is 0 Å². The van der Waals surface area contributed by atoms with Gasteiger partial charge in [0, 0.05) is 10.3 Å². The minimum absolute atomic E-state index is 0.310. The Labute approximate surface area is 115 Å². The number of carboxylic acid groups (broad SMARTS) is 1. The molecule has 2 rings (SSSR count). The van der Waals surface area contributed by atoms with Gasteiger partial charge in [-0.3, -0.25) is 4.90 Å². The standard InChI is InChI=1S/C14H15NO3S/c1-10-13(12(18-2)9-19-10)15(14(16)17)8-11-6-4-3-5-7-11/h3-7,9H,8H2,1-2H3,(H,16,17). The fraction of sp³-hybridized carbons (Fsp3) is 0.214. The Kier molecular flexibility index (Phi) is 4.06. The zero-order valence-corrected chi connectivity index (χ0v) is 11.6. The second-order valence-electron chi connectivity index (χ2n) is 4.06. The molecule has 0 fully saturated rings. The summed E-state index contributed by atoms with van der Waals surface area (Å²) in [7, 11) is 1.55. The molecule has 100 valence electrons. The zero-order chi connectivity index (χ0) is 13.8. The Morgan fingerprint density at radius 2 is 2.05 bits per heavy atom. The van der Waals surface area contributed by atoms with Gasteiger partial charge in [-0.05, 0) is 12.5 Å². The van der Waals surface area contributed by atoms with E-state index in [1.807, 2.05) is 42.6 Å². The van der Waals surface area contributed by atoms with Crippen molar-refractivity contribution in [2.75, 3.05) is 12.0 Å². The lowest BCUT2D eigenvalue weighted by Gasteiger charge is -2.20. The number of benzene rings is 1. The molecule has 1 heterocycles. The van der Waals surface area contributed by atoms with Crippen molar-refractivity contribution in [2.24, 2.45) is 0 Å².